The summed E-state index contributed by atoms with van der Waals surface area (Å²) in [6.07, 6.45) is 2.66. The van der Waals surface area contributed by atoms with Gasteiger partial charge in [-0.3, -0.25) is 4.98 Å². The van der Waals surface area contributed by atoms with E-state index in [2.05, 4.69) is 77.8 Å². The predicted octanol–water partition coefficient (Wildman–Crippen LogP) is 6.52. The van der Waals surface area contributed by atoms with Crippen molar-refractivity contribution in [1.29, 1.82) is 0 Å². The van der Waals surface area contributed by atoms with Crippen molar-refractivity contribution in [2.45, 2.75) is 6.16 Å². The fraction of sp³-hybridized carbons (Fsp3) is 0.0333. The molecular weight excluding hydrogens is 443 g/mol. The third-order valence-corrected chi connectivity index (χ3v) is 10.4. The molecule has 1 nitrogen and oxygen atoms in total. The largest absolute Gasteiger partial charge is 0.256 e. The Balaban J connectivity index is 1.62. The van der Waals surface area contributed by atoms with Gasteiger partial charge >= 0.3 is 0 Å². The summed E-state index contributed by atoms with van der Waals surface area (Å²) in [6, 6.07) is 39.9. The molecule has 1 aromatic heterocycles. The van der Waals surface area contributed by atoms with E-state index in [-0.39, 0.29) is 0 Å². The monoisotopic (exact) mass is 466 g/mol. The van der Waals surface area contributed by atoms with Gasteiger partial charge in [0.15, 0.2) is 11.6 Å². The van der Waals surface area contributed by atoms with Crippen molar-refractivity contribution in [2.24, 2.45) is 0 Å². The number of hydrogen-bond acceptors (Lipinski definition) is 1. The first kappa shape index (κ1) is 22.1. The maximum atomic E-state index is 13.7. The summed E-state index contributed by atoms with van der Waals surface area (Å²) in [5.41, 5.74) is 2.27. The number of nitrogens with zero attached hydrogens (tertiary/aromatic N) is 1. The van der Waals surface area contributed by atoms with Crippen LogP contribution in [0.15, 0.2) is 128 Å². The van der Waals surface area contributed by atoms with Crippen LogP contribution in [0.1, 0.15) is 5.56 Å². The van der Waals surface area contributed by atoms with Crippen LogP contribution in [-0.4, -0.2) is 4.98 Å². The molecule has 0 spiro atoms. The van der Waals surface area contributed by atoms with Crippen molar-refractivity contribution >= 4 is 23.2 Å². The lowest BCUT2D eigenvalue weighted by Crippen LogP contribution is -2.32. The van der Waals surface area contributed by atoms with Crippen LogP contribution in [0.3, 0.4) is 0 Å². The number of rotatable bonds is 6. The molecule has 0 atom stereocenters. The van der Waals surface area contributed by atoms with E-state index >= 15 is 0 Å². The topological polar surface area (TPSA) is 12.9 Å². The summed E-state index contributed by atoms with van der Waals surface area (Å²) in [5, 5.41) is 3.91. The van der Waals surface area contributed by atoms with Gasteiger partial charge in [0.1, 0.15) is 23.2 Å². The summed E-state index contributed by atoms with van der Waals surface area (Å²) < 4.78 is 27.1. The molecular formula is C30H23F2NP+. The number of aromatic nitrogens is 1. The summed E-state index contributed by atoms with van der Waals surface area (Å²) in [7, 11) is -2.03. The minimum Gasteiger partial charge on any atom is -0.256 e. The fourth-order valence-corrected chi connectivity index (χ4v) is 8.61. The fourth-order valence-electron chi connectivity index (χ4n) is 4.39. The van der Waals surface area contributed by atoms with Gasteiger partial charge in [-0.1, -0.05) is 60.7 Å². The lowest BCUT2D eigenvalue weighted by molar-refractivity contribution is 0.509. The zero-order valence-electron chi connectivity index (χ0n) is 18.5. The van der Waals surface area contributed by atoms with Crippen molar-refractivity contribution in [3.63, 3.8) is 0 Å². The Kier molecular flexibility index (Phi) is 6.29. The summed E-state index contributed by atoms with van der Waals surface area (Å²) >= 11 is 0. The van der Waals surface area contributed by atoms with Crippen LogP contribution in [0.5, 0.6) is 0 Å². The highest BCUT2D eigenvalue weighted by molar-refractivity contribution is 7.95. The zero-order valence-corrected chi connectivity index (χ0v) is 19.4. The number of halogens is 2. The Bertz CT molecular complexity index is 1280. The maximum Gasteiger partial charge on any atom is 0.159 e. The Morgan fingerprint density at radius 3 is 1.53 bits per heavy atom. The van der Waals surface area contributed by atoms with Crippen LogP contribution < -0.4 is 15.9 Å². The predicted molar refractivity (Wildman–Crippen MR) is 138 cm³/mol. The first-order chi connectivity index (χ1) is 16.7. The van der Waals surface area contributed by atoms with E-state index in [1.165, 1.54) is 22.0 Å². The van der Waals surface area contributed by atoms with E-state index in [9.17, 15) is 8.78 Å². The Labute approximate surface area is 199 Å². The normalized spacial score (nSPS) is 11.4. The molecule has 0 N–H and O–H groups in total. The second kappa shape index (κ2) is 9.67. The van der Waals surface area contributed by atoms with E-state index in [0.717, 1.165) is 17.8 Å². The highest BCUT2D eigenvalue weighted by Crippen LogP contribution is 2.58. The van der Waals surface area contributed by atoms with Gasteiger partial charge in [0.2, 0.25) is 0 Å². The molecule has 0 amide bonds. The van der Waals surface area contributed by atoms with Crippen molar-refractivity contribution in [3.05, 3.63) is 145 Å². The van der Waals surface area contributed by atoms with Gasteiger partial charge < -0.3 is 0 Å². The first-order valence-electron chi connectivity index (χ1n) is 11.1. The maximum absolute atomic E-state index is 13.7. The number of benzene rings is 4. The minimum absolute atomic E-state index is 0.556. The van der Waals surface area contributed by atoms with Crippen molar-refractivity contribution in [1.82, 2.24) is 4.98 Å². The average molecular weight is 466 g/mol. The van der Waals surface area contributed by atoms with Crippen LogP contribution >= 0.6 is 7.26 Å². The third kappa shape index (κ3) is 4.27. The summed E-state index contributed by atoms with van der Waals surface area (Å²) in [5.74, 6) is -1.73. The highest BCUT2D eigenvalue weighted by Gasteiger charge is 2.45. The minimum atomic E-state index is -2.03. The zero-order chi connectivity index (χ0) is 23.4. The molecule has 0 unspecified atom stereocenters. The molecule has 5 aromatic rings. The SMILES string of the molecule is Fc1ccc(-c2ccc(C[P+](c3ccccc3)(c3ccccc3)c3ccccc3)cn2)cc1F. The van der Waals surface area contributed by atoms with Crippen LogP contribution in [0.25, 0.3) is 11.3 Å². The smallest absolute Gasteiger partial charge is 0.159 e. The molecule has 0 aliphatic heterocycles. The van der Waals surface area contributed by atoms with E-state index in [1.54, 1.807) is 6.07 Å². The molecule has 0 aliphatic carbocycles. The second-order valence-electron chi connectivity index (χ2n) is 8.16. The van der Waals surface area contributed by atoms with E-state index in [4.69, 9.17) is 0 Å². The lowest BCUT2D eigenvalue weighted by Gasteiger charge is -2.27. The summed E-state index contributed by atoms with van der Waals surface area (Å²) in [4.78, 5) is 4.61. The quantitative estimate of drug-likeness (QED) is 0.260. The molecule has 0 aliphatic rings. The standard InChI is InChI=1S/C30H23F2NP/c31-28-18-17-24(20-29(28)32)30-19-16-23(21-33-30)22-34(25-10-4-1-5-11-25,26-12-6-2-7-13-26)27-14-8-3-9-15-27/h1-21H,22H2/q+1. The molecule has 166 valence electrons. The van der Waals surface area contributed by atoms with Gasteiger partial charge in [-0.15, -0.1) is 0 Å². The van der Waals surface area contributed by atoms with Crippen LogP contribution in [0, 0.1) is 11.6 Å². The van der Waals surface area contributed by atoms with E-state index in [0.29, 0.717) is 11.3 Å². The van der Waals surface area contributed by atoms with E-state index < -0.39 is 18.9 Å². The highest BCUT2D eigenvalue weighted by atomic mass is 31.2. The Hall–Kier alpha value is -3.68. The first-order valence-corrected chi connectivity index (χ1v) is 13.1. The Morgan fingerprint density at radius 2 is 1.09 bits per heavy atom. The second-order valence-corrected chi connectivity index (χ2v) is 11.6. The van der Waals surface area contributed by atoms with Crippen molar-refractivity contribution in [3.8, 4) is 11.3 Å². The lowest BCUT2D eigenvalue weighted by atomic mass is 10.1. The molecule has 34 heavy (non-hydrogen) atoms. The van der Waals surface area contributed by atoms with Crippen molar-refractivity contribution < 1.29 is 8.78 Å². The molecule has 0 saturated heterocycles. The number of hydrogen-bond donors (Lipinski definition) is 0. The van der Waals surface area contributed by atoms with Crippen LogP contribution in [0.4, 0.5) is 8.78 Å². The van der Waals surface area contributed by atoms with Crippen LogP contribution in [0.2, 0.25) is 0 Å². The van der Waals surface area contributed by atoms with Gasteiger partial charge in [0.25, 0.3) is 0 Å². The van der Waals surface area contributed by atoms with E-state index in [1.807, 2.05) is 36.5 Å². The molecule has 1 heterocycles. The molecule has 4 heteroatoms. The average Bonchev–Trinajstić information content (AvgIpc) is 2.91. The molecule has 0 radical (unpaired) electrons. The van der Waals surface area contributed by atoms with Gasteiger partial charge in [-0.05, 0) is 60.7 Å². The van der Waals surface area contributed by atoms with Crippen LogP contribution in [-0.2, 0) is 6.16 Å². The molecule has 0 bridgehead atoms. The summed E-state index contributed by atoms with van der Waals surface area (Å²) in [6.45, 7) is 0. The molecule has 5 rings (SSSR count). The Morgan fingerprint density at radius 1 is 0.559 bits per heavy atom. The van der Waals surface area contributed by atoms with Gasteiger partial charge in [0.05, 0.1) is 11.9 Å². The van der Waals surface area contributed by atoms with Gasteiger partial charge in [-0.25, -0.2) is 8.78 Å². The molecule has 0 fully saturated rings. The molecule has 0 saturated carbocycles. The van der Waals surface area contributed by atoms with Gasteiger partial charge in [-0.2, -0.15) is 0 Å². The number of pyridine rings is 1. The van der Waals surface area contributed by atoms with Gasteiger partial charge in [0, 0.05) is 17.3 Å². The third-order valence-electron chi connectivity index (χ3n) is 6.05. The van der Waals surface area contributed by atoms with Crippen molar-refractivity contribution in [2.75, 3.05) is 0 Å². The molecule has 4 aromatic carbocycles.